The lowest BCUT2D eigenvalue weighted by Crippen LogP contribution is -1.99. The quantitative estimate of drug-likeness (QED) is 0.831. The standard InChI is InChI=1S/C13H14IN3/c1-2-16-10-7-11(9-15-8-10)17-13-6-4-3-5-12(13)14/h3-9,16-17H,2H2,1H3. The Kier molecular flexibility index (Phi) is 4.19. The zero-order valence-corrected chi connectivity index (χ0v) is 11.7. The molecule has 1 aromatic heterocycles. The van der Waals surface area contributed by atoms with E-state index < -0.39 is 0 Å². The van der Waals surface area contributed by atoms with E-state index >= 15 is 0 Å². The molecule has 0 atom stereocenters. The van der Waals surface area contributed by atoms with Crippen molar-refractivity contribution in [1.29, 1.82) is 0 Å². The van der Waals surface area contributed by atoms with Crippen LogP contribution < -0.4 is 10.6 Å². The first-order valence-electron chi connectivity index (χ1n) is 5.50. The molecule has 0 aliphatic carbocycles. The third-order valence-electron chi connectivity index (χ3n) is 2.27. The lowest BCUT2D eigenvalue weighted by molar-refractivity contribution is 1.19. The van der Waals surface area contributed by atoms with Crippen LogP contribution in [0.25, 0.3) is 0 Å². The van der Waals surface area contributed by atoms with Gasteiger partial charge in [0.05, 0.1) is 29.5 Å². The van der Waals surface area contributed by atoms with Gasteiger partial charge in [0.1, 0.15) is 0 Å². The Morgan fingerprint density at radius 2 is 1.94 bits per heavy atom. The van der Waals surface area contributed by atoms with Crippen molar-refractivity contribution >= 4 is 39.7 Å². The monoisotopic (exact) mass is 339 g/mol. The molecule has 0 spiro atoms. The molecule has 2 N–H and O–H groups in total. The second-order valence-electron chi connectivity index (χ2n) is 3.60. The van der Waals surface area contributed by atoms with Gasteiger partial charge in [-0.2, -0.15) is 0 Å². The number of aromatic nitrogens is 1. The molecule has 17 heavy (non-hydrogen) atoms. The summed E-state index contributed by atoms with van der Waals surface area (Å²) in [5, 5.41) is 6.60. The number of pyridine rings is 1. The van der Waals surface area contributed by atoms with Gasteiger partial charge in [0, 0.05) is 10.1 Å². The highest BCUT2D eigenvalue weighted by Gasteiger charge is 2.00. The number of anilines is 3. The molecule has 2 rings (SSSR count). The number of rotatable bonds is 4. The number of nitrogens with one attached hydrogen (secondary N) is 2. The van der Waals surface area contributed by atoms with Crippen LogP contribution in [0.1, 0.15) is 6.92 Å². The second kappa shape index (κ2) is 5.86. The van der Waals surface area contributed by atoms with Gasteiger partial charge in [-0.05, 0) is 47.7 Å². The molecule has 1 aromatic carbocycles. The zero-order valence-electron chi connectivity index (χ0n) is 9.57. The summed E-state index contributed by atoms with van der Waals surface area (Å²) in [6.45, 7) is 2.97. The summed E-state index contributed by atoms with van der Waals surface area (Å²) in [7, 11) is 0. The normalized spacial score (nSPS) is 10.0. The average molecular weight is 339 g/mol. The van der Waals surface area contributed by atoms with E-state index in [1.165, 1.54) is 3.57 Å². The Hall–Kier alpha value is -1.30. The van der Waals surface area contributed by atoms with Crippen LogP contribution in [0.3, 0.4) is 0 Å². The molecular formula is C13H14IN3. The molecule has 1 heterocycles. The summed E-state index contributed by atoms with van der Waals surface area (Å²) in [6, 6.07) is 10.2. The minimum atomic E-state index is 0.897. The van der Waals surface area contributed by atoms with Crippen molar-refractivity contribution in [3.05, 3.63) is 46.3 Å². The molecule has 4 heteroatoms. The highest BCUT2D eigenvalue weighted by Crippen LogP contribution is 2.23. The highest BCUT2D eigenvalue weighted by molar-refractivity contribution is 14.1. The molecule has 0 amide bonds. The van der Waals surface area contributed by atoms with Crippen LogP contribution >= 0.6 is 22.6 Å². The van der Waals surface area contributed by atoms with Crippen molar-refractivity contribution in [2.75, 3.05) is 17.2 Å². The predicted octanol–water partition coefficient (Wildman–Crippen LogP) is 3.86. The molecule has 0 saturated heterocycles. The lowest BCUT2D eigenvalue weighted by Gasteiger charge is -2.09. The Bertz CT molecular complexity index is 500. The molecule has 88 valence electrons. The van der Waals surface area contributed by atoms with Gasteiger partial charge >= 0.3 is 0 Å². The first-order valence-corrected chi connectivity index (χ1v) is 6.58. The third kappa shape index (κ3) is 3.33. The maximum atomic E-state index is 4.20. The SMILES string of the molecule is CCNc1cncc(Nc2ccccc2I)c1. The lowest BCUT2D eigenvalue weighted by atomic mass is 10.3. The van der Waals surface area contributed by atoms with Gasteiger partial charge < -0.3 is 10.6 Å². The first-order chi connectivity index (χ1) is 8.29. The van der Waals surface area contributed by atoms with Crippen molar-refractivity contribution < 1.29 is 0 Å². The van der Waals surface area contributed by atoms with Crippen LogP contribution in [-0.2, 0) is 0 Å². The van der Waals surface area contributed by atoms with E-state index in [9.17, 15) is 0 Å². The second-order valence-corrected chi connectivity index (χ2v) is 4.76. The van der Waals surface area contributed by atoms with Crippen LogP contribution in [0.15, 0.2) is 42.7 Å². The maximum Gasteiger partial charge on any atom is 0.0591 e. The summed E-state index contributed by atoms with van der Waals surface area (Å²) in [4.78, 5) is 4.20. The van der Waals surface area contributed by atoms with Crippen LogP contribution in [0.2, 0.25) is 0 Å². The number of para-hydroxylation sites is 1. The predicted molar refractivity (Wildman–Crippen MR) is 80.8 cm³/mol. The summed E-state index contributed by atoms with van der Waals surface area (Å²) < 4.78 is 1.19. The van der Waals surface area contributed by atoms with E-state index in [-0.39, 0.29) is 0 Å². The number of benzene rings is 1. The van der Waals surface area contributed by atoms with Crippen molar-refractivity contribution in [2.45, 2.75) is 6.92 Å². The van der Waals surface area contributed by atoms with Crippen molar-refractivity contribution in [3.8, 4) is 0 Å². The van der Waals surface area contributed by atoms with Gasteiger partial charge in [0.15, 0.2) is 0 Å². The topological polar surface area (TPSA) is 37.0 Å². The largest absolute Gasteiger partial charge is 0.384 e. The average Bonchev–Trinajstić information content (AvgIpc) is 2.33. The van der Waals surface area contributed by atoms with E-state index in [4.69, 9.17) is 0 Å². The fraction of sp³-hybridized carbons (Fsp3) is 0.154. The van der Waals surface area contributed by atoms with Crippen LogP contribution in [-0.4, -0.2) is 11.5 Å². The molecule has 3 nitrogen and oxygen atoms in total. The van der Waals surface area contributed by atoms with Crippen molar-refractivity contribution in [1.82, 2.24) is 4.98 Å². The van der Waals surface area contributed by atoms with Gasteiger partial charge in [0.25, 0.3) is 0 Å². The Morgan fingerprint density at radius 3 is 2.71 bits per heavy atom. The molecular weight excluding hydrogens is 325 g/mol. The number of hydrogen-bond donors (Lipinski definition) is 2. The van der Waals surface area contributed by atoms with E-state index in [0.29, 0.717) is 0 Å². The molecule has 0 aliphatic rings. The Balaban J connectivity index is 2.18. The van der Waals surface area contributed by atoms with Crippen LogP contribution in [0.5, 0.6) is 0 Å². The van der Waals surface area contributed by atoms with Gasteiger partial charge in [-0.1, -0.05) is 12.1 Å². The van der Waals surface area contributed by atoms with E-state index in [2.05, 4.69) is 63.3 Å². The van der Waals surface area contributed by atoms with E-state index in [0.717, 1.165) is 23.6 Å². The van der Waals surface area contributed by atoms with Gasteiger partial charge in [-0.15, -0.1) is 0 Å². The molecule has 0 saturated carbocycles. The number of nitrogens with zero attached hydrogens (tertiary/aromatic N) is 1. The highest BCUT2D eigenvalue weighted by atomic mass is 127. The summed E-state index contributed by atoms with van der Waals surface area (Å²) >= 11 is 2.31. The Labute approximate surface area is 115 Å². The van der Waals surface area contributed by atoms with Crippen molar-refractivity contribution in [2.24, 2.45) is 0 Å². The molecule has 0 bridgehead atoms. The van der Waals surface area contributed by atoms with Gasteiger partial charge in [-0.3, -0.25) is 4.98 Å². The molecule has 2 aromatic rings. The van der Waals surface area contributed by atoms with Crippen molar-refractivity contribution in [3.63, 3.8) is 0 Å². The maximum absolute atomic E-state index is 4.20. The smallest absolute Gasteiger partial charge is 0.0591 e. The summed E-state index contributed by atoms with van der Waals surface area (Å²) in [5.41, 5.74) is 3.12. The fourth-order valence-electron chi connectivity index (χ4n) is 1.53. The Morgan fingerprint density at radius 1 is 1.18 bits per heavy atom. The third-order valence-corrected chi connectivity index (χ3v) is 3.21. The molecule has 0 fully saturated rings. The summed E-state index contributed by atoms with van der Waals surface area (Å²) in [6.07, 6.45) is 3.65. The number of halogens is 1. The first kappa shape index (κ1) is 12.2. The van der Waals surface area contributed by atoms with Gasteiger partial charge in [0.2, 0.25) is 0 Å². The molecule has 0 unspecified atom stereocenters. The van der Waals surface area contributed by atoms with Crippen LogP contribution in [0, 0.1) is 3.57 Å². The van der Waals surface area contributed by atoms with E-state index in [1.54, 1.807) is 0 Å². The van der Waals surface area contributed by atoms with Gasteiger partial charge in [-0.25, -0.2) is 0 Å². The minimum Gasteiger partial charge on any atom is -0.384 e. The minimum absolute atomic E-state index is 0.897. The fourth-order valence-corrected chi connectivity index (χ4v) is 2.05. The van der Waals surface area contributed by atoms with E-state index in [1.807, 2.05) is 24.5 Å². The zero-order chi connectivity index (χ0) is 12.1. The number of hydrogen-bond acceptors (Lipinski definition) is 3. The molecule has 0 radical (unpaired) electrons. The van der Waals surface area contributed by atoms with Crippen LogP contribution in [0.4, 0.5) is 17.1 Å². The molecule has 0 aliphatic heterocycles. The summed E-state index contributed by atoms with van der Waals surface area (Å²) in [5.74, 6) is 0.